The van der Waals surface area contributed by atoms with Gasteiger partial charge in [-0.1, -0.05) is 130 Å². The normalized spacial score (nSPS) is 27.1. The van der Waals surface area contributed by atoms with E-state index in [1.54, 1.807) is 11.1 Å². The molecule has 61 heavy (non-hydrogen) atoms. The number of hydrogen-bond acceptors (Lipinski definition) is 3. The SMILES string of the molecule is CC(C)(C)c1ccc2c(c1)C1(C)CCCCC1(C)N2c1cc2c3c(c1)-n1c4c(cc(C(C)(C)C)cc4c4oc5ccccc5c41)B3c1cccc3c1N2C1(C)CCCCC31C. The maximum Gasteiger partial charge on any atom is 0.252 e. The predicted molar refractivity (Wildman–Crippen MR) is 258 cm³/mol. The Morgan fingerprint density at radius 2 is 1.23 bits per heavy atom. The molecule has 6 heterocycles. The van der Waals surface area contributed by atoms with E-state index >= 15 is 0 Å². The first-order valence-corrected chi connectivity index (χ1v) is 23.6. The number of nitrogens with zero attached hydrogens (tertiary/aromatic N) is 3. The van der Waals surface area contributed by atoms with Gasteiger partial charge in [0.1, 0.15) is 11.1 Å². The Balaban J connectivity index is 1.20. The van der Waals surface area contributed by atoms with Gasteiger partial charge in [0.15, 0.2) is 5.58 Å². The molecule has 6 aliphatic rings. The molecule has 4 atom stereocenters. The van der Waals surface area contributed by atoms with E-state index in [2.05, 4.69) is 169 Å². The minimum absolute atomic E-state index is 0.0313. The van der Waals surface area contributed by atoms with E-state index < -0.39 is 0 Å². The Bertz CT molecular complexity index is 3120. The zero-order chi connectivity index (χ0) is 42.0. The second-order valence-corrected chi connectivity index (χ2v) is 23.2. The van der Waals surface area contributed by atoms with E-state index in [0.29, 0.717) is 0 Å². The topological polar surface area (TPSA) is 24.6 Å². The van der Waals surface area contributed by atoms with Crippen molar-refractivity contribution in [3.05, 3.63) is 107 Å². The van der Waals surface area contributed by atoms with E-state index in [1.807, 2.05) is 0 Å². The molecule has 308 valence electrons. The summed E-state index contributed by atoms with van der Waals surface area (Å²) < 4.78 is 9.70. The summed E-state index contributed by atoms with van der Waals surface area (Å²) in [7, 11) is 0. The quantitative estimate of drug-likeness (QED) is 0.155. The summed E-state index contributed by atoms with van der Waals surface area (Å²) in [6.45, 7) is 24.8. The lowest BCUT2D eigenvalue weighted by molar-refractivity contribution is 0.194. The molecule has 0 saturated heterocycles. The lowest BCUT2D eigenvalue weighted by Gasteiger charge is -2.53. The Hall–Kier alpha value is -4.90. The van der Waals surface area contributed by atoms with Gasteiger partial charge < -0.3 is 18.8 Å². The van der Waals surface area contributed by atoms with Crippen molar-refractivity contribution in [1.29, 1.82) is 0 Å². The van der Waals surface area contributed by atoms with E-state index in [0.717, 1.165) is 11.2 Å². The number of para-hydroxylation sites is 2. The zero-order valence-electron chi connectivity index (χ0n) is 38.1. The monoisotopic (exact) mass is 801 g/mol. The summed E-state index contributed by atoms with van der Waals surface area (Å²) in [4.78, 5) is 5.77. The van der Waals surface area contributed by atoms with Crippen LogP contribution in [0, 0.1) is 0 Å². The fourth-order valence-electron chi connectivity index (χ4n) is 14.4. The molecule has 7 aromatic rings. The average molecular weight is 802 g/mol. The molecular formula is C56H60BN3O. The molecular weight excluding hydrogens is 741 g/mol. The average Bonchev–Trinajstić information content (AvgIpc) is 3.88. The largest absolute Gasteiger partial charge is 0.454 e. The third-order valence-electron chi connectivity index (χ3n) is 18.2. The fourth-order valence-corrected chi connectivity index (χ4v) is 14.4. The van der Waals surface area contributed by atoms with Gasteiger partial charge in [-0.05, 0) is 125 Å². The summed E-state index contributed by atoms with van der Waals surface area (Å²) in [6, 6.07) is 34.1. The van der Waals surface area contributed by atoms with Gasteiger partial charge in [0.25, 0.3) is 6.71 Å². The lowest BCUT2D eigenvalue weighted by Crippen LogP contribution is -2.64. The van der Waals surface area contributed by atoms with Gasteiger partial charge in [-0.15, -0.1) is 0 Å². The van der Waals surface area contributed by atoms with Gasteiger partial charge in [-0.3, -0.25) is 0 Å². The Kier molecular flexibility index (Phi) is 6.73. The summed E-state index contributed by atoms with van der Waals surface area (Å²) in [5.74, 6) is 0. The standard InChI is InChI=1S/C56H60BN3O/c1-51(2,3)33-22-23-42-39(29-33)54(8)25-14-15-26-55(54,9)59(42)35-31-43-46-44(32-35)60-49-38(53(7)24-13-16-27-56(53,60)10)19-17-20-40(49)57(46)41-30-34(52(4,5)6)28-37-47(41)58(43)48-36-18-11-12-21-45(36)61-50(37)48/h11-12,17-23,28-32H,13-16,24-27H2,1-10H3. The van der Waals surface area contributed by atoms with Crippen LogP contribution >= 0.6 is 0 Å². The summed E-state index contributed by atoms with van der Waals surface area (Å²) in [6.07, 6.45) is 9.88. The Labute approximate surface area is 362 Å². The van der Waals surface area contributed by atoms with E-state index in [9.17, 15) is 0 Å². The minimum Gasteiger partial charge on any atom is -0.454 e. The number of hydrogen-bond donors (Lipinski definition) is 0. The first kappa shape index (κ1) is 36.7. The van der Waals surface area contributed by atoms with Gasteiger partial charge in [-0.25, -0.2) is 0 Å². The van der Waals surface area contributed by atoms with Crippen molar-refractivity contribution in [2.75, 3.05) is 9.80 Å². The lowest BCUT2D eigenvalue weighted by atomic mass is 9.33. The van der Waals surface area contributed by atoms with Crippen LogP contribution in [0.25, 0.3) is 38.7 Å². The number of rotatable bonds is 1. The van der Waals surface area contributed by atoms with Crippen molar-refractivity contribution in [2.24, 2.45) is 0 Å². The van der Waals surface area contributed by atoms with E-state index in [1.165, 1.54) is 129 Å². The van der Waals surface area contributed by atoms with Gasteiger partial charge in [-0.2, -0.15) is 0 Å². The van der Waals surface area contributed by atoms with Crippen molar-refractivity contribution >= 4 is 78.8 Å². The van der Waals surface area contributed by atoms with Crippen molar-refractivity contribution in [2.45, 2.75) is 153 Å². The van der Waals surface area contributed by atoms with Crippen LogP contribution < -0.4 is 26.2 Å². The van der Waals surface area contributed by atoms with Crippen LogP contribution in [-0.4, -0.2) is 22.4 Å². The highest BCUT2D eigenvalue weighted by Gasteiger charge is 2.62. The number of benzene rings is 5. The molecule has 13 rings (SSSR count). The molecule has 5 heteroatoms. The molecule has 0 bridgehead atoms. The smallest absolute Gasteiger partial charge is 0.252 e. The molecule has 5 aromatic carbocycles. The minimum atomic E-state index is -0.0751. The molecule has 2 aromatic heterocycles. The first-order valence-electron chi connectivity index (χ1n) is 23.6. The fraction of sp³-hybridized carbons (Fsp3) is 0.429. The van der Waals surface area contributed by atoms with Gasteiger partial charge in [0.05, 0.1) is 16.6 Å². The Morgan fingerprint density at radius 3 is 1.97 bits per heavy atom. The second-order valence-electron chi connectivity index (χ2n) is 23.2. The second kappa shape index (κ2) is 11.2. The Morgan fingerprint density at radius 1 is 0.557 bits per heavy atom. The summed E-state index contributed by atoms with van der Waals surface area (Å²) in [5.41, 5.74) is 21.7. The van der Waals surface area contributed by atoms with Crippen LogP contribution in [0.3, 0.4) is 0 Å². The molecule has 0 N–H and O–H groups in total. The number of furan rings is 1. The van der Waals surface area contributed by atoms with Gasteiger partial charge >= 0.3 is 0 Å². The number of fused-ring (bicyclic) bond motifs is 15. The highest BCUT2D eigenvalue weighted by molar-refractivity contribution is 7.00. The van der Waals surface area contributed by atoms with Crippen LogP contribution in [-0.2, 0) is 21.7 Å². The van der Waals surface area contributed by atoms with Crippen LogP contribution in [0.1, 0.15) is 143 Å². The van der Waals surface area contributed by atoms with E-state index in [4.69, 9.17) is 4.42 Å². The number of anilines is 4. The molecule has 0 spiro atoms. The van der Waals surface area contributed by atoms with Crippen molar-refractivity contribution < 1.29 is 4.42 Å². The van der Waals surface area contributed by atoms with Crippen molar-refractivity contribution in [3.63, 3.8) is 0 Å². The van der Waals surface area contributed by atoms with Crippen LogP contribution in [0.4, 0.5) is 22.7 Å². The van der Waals surface area contributed by atoms with Crippen LogP contribution in [0.15, 0.2) is 89.3 Å². The molecule has 4 nitrogen and oxygen atoms in total. The maximum atomic E-state index is 7.02. The molecule has 2 aliphatic carbocycles. The maximum absolute atomic E-state index is 7.02. The summed E-state index contributed by atoms with van der Waals surface area (Å²) >= 11 is 0. The van der Waals surface area contributed by atoms with Gasteiger partial charge in [0, 0.05) is 50.0 Å². The highest BCUT2D eigenvalue weighted by Crippen LogP contribution is 2.64. The third-order valence-corrected chi connectivity index (χ3v) is 18.2. The molecule has 4 aliphatic heterocycles. The highest BCUT2D eigenvalue weighted by atomic mass is 16.3. The van der Waals surface area contributed by atoms with Crippen LogP contribution in [0.2, 0.25) is 0 Å². The van der Waals surface area contributed by atoms with Crippen LogP contribution in [0.5, 0.6) is 0 Å². The molecule has 2 fully saturated rings. The van der Waals surface area contributed by atoms with Gasteiger partial charge in [0.2, 0.25) is 0 Å². The third kappa shape index (κ3) is 4.17. The predicted octanol–water partition coefficient (Wildman–Crippen LogP) is 12.8. The molecule has 2 saturated carbocycles. The van der Waals surface area contributed by atoms with Crippen molar-refractivity contribution in [3.8, 4) is 5.69 Å². The first-order chi connectivity index (χ1) is 29.0. The zero-order valence-corrected chi connectivity index (χ0v) is 38.1. The molecule has 0 amide bonds. The number of aromatic nitrogens is 1. The van der Waals surface area contributed by atoms with Crippen molar-refractivity contribution in [1.82, 2.24) is 4.57 Å². The molecule has 4 unspecified atom stereocenters. The summed E-state index contributed by atoms with van der Waals surface area (Å²) in [5, 5.41) is 2.43. The van der Waals surface area contributed by atoms with E-state index in [-0.39, 0.29) is 39.5 Å². The molecule has 0 radical (unpaired) electrons.